The van der Waals surface area contributed by atoms with Gasteiger partial charge in [-0.15, -0.1) is 0 Å². The Hall–Kier alpha value is -3.43. The molecule has 38 heavy (non-hydrogen) atoms. The van der Waals surface area contributed by atoms with E-state index in [0.29, 0.717) is 29.6 Å². The molecular formula is C27H22B3F2N3O3. The Kier molecular flexibility index (Phi) is 6.92. The van der Waals surface area contributed by atoms with Crippen LogP contribution in [-0.4, -0.2) is 68.3 Å². The number of halogens is 2. The molecule has 0 bridgehead atoms. The molecule has 186 valence electrons. The molecule has 4 aromatic rings. The van der Waals surface area contributed by atoms with E-state index in [-0.39, 0.29) is 17.9 Å². The fourth-order valence-electron chi connectivity index (χ4n) is 5.15. The van der Waals surface area contributed by atoms with Gasteiger partial charge in [0.15, 0.2) is 6.29 Å². The zero-order valence-corrected chi connectivity index (χ0v) is 20.6. The van der Waals surface area contributed by atoms with Crippen molar-refractivity contribution >= 4 is 40.9 Å². The second-order valence-corrected chi connectivity index (χ2v) is 9.42. The minimum absolute atomic E-state index is 0.0594. The van der Waals surface area contributed by atoms with Crippen molar-refractivity contribution in [3.63, 3.8) is 0 Å². The van der Waals surface area contributed by atoms with Gasteiger partial charge in [-0.05, 0) is 48.4 Å². The number of imidazole rings is 1. The maximum atomic E-state index is 13.4. The quantitative estimate of drug-likeness (QED) is 0.292. The van der Waals surface area contributed by atoms with E-state index < -0.39 is 23.9 Å². The first kappa shape index (κ1) is 26.2. The Bertz CT molecular complexity index is 1490. The maximum absolute atomic E-state index is 13.4. The average Bonchev–Trinajstić information content (AvgIpc) is 3.44. The molecule has 0 fully saturated rings. The summed E-state index contributed by atoms with van der Waals surface area (Å²) >= 11 is 0. The molecular weight excluding hydrogens is 485 g/mol. The van der Waals surface area contributed by atoms with Crippen molar-refractivity contribution in [3.05, 3.63) is 83.2 Å². The summed E-state index contributed by atoms with van der Waals surface area (Å²) in [6.45, 7) is -3.14. The lowest BCUT2D eigenvalue weighted by molar-refractivity contribution is -0.0507. The number of aliphatic hydroxyl groups excluding tert-OH is 1. The van der Waals surface area contributed by atoms with Crippen LogP contribution >= 0.6 is 0 Å². The first-order chi connectivity index (χ1) is 18.1. The molecule has 6 nitrogen and oxygen atoms in total. The zero-order chi connectivity index (χ0) is 27.2. The average molecular weight is 507 g/mol. The van der Waals surface area contributed by atoms with Crippen LogP contribution < -0.4 is 4.74 Å². The number of carbonyl (C=O) groups excluding carboxylic acids is 1. The normalized spacial score (nSPS) is 17.3. The number of hydrogen-bond donors (Lipinski definition) is 1. The van der Waals surface area contributed by atoms with Crippen molar-refractivity contribution in [2.75, 3.05) is 7.05 Å². The molecule has 6 radical (unpaired) electrons. The Morgan fingerprint density at radius 3 is 2.50 bits per heavy atom. The van der Waals surface area contributed by atoms with Gasteiger partial charge in [0.05, 0.1) is 53.3 Å². The number of rotatable bonds is 8. The number of aliphatic hydroxyl groups is 1. The SMILES string of the molecule is [B]C([B])([B])N(C)C1CC(c2c(C=O)cccc2OC(F)F)n2c1nc1ccc(-c3ccc(CO)cc3)cc12. The summed E-state index contributed by atoms with van der Waals surface area (Å²) in [4.78, 5) is 18.4. The van der Waals surface area contributed by atoms with Crippen LogP contribution in [0.2, 0.25) is 0 Å². The Balaban J connectivity index is 1.73. The second kappa shape index (κ2) is 10.0. The van der Waals surface area contributed by atoms with E-state index >= 15 is 0 Å². The zero-order valence-electron chi connectivity index (χ0n) is 20.6. The lowest BCUT2D eigenvalue weighted by Gasteiger charge is -2.38. The van der Waals surface area contributed by atoms with E-state index in [1.807, 2.05) is 47.0 Å². The number of ether oxygens (including phenoxy) is 1. The third-order valence-corrected chi connectivity index (χ3v) is 7.10. The molecule has 2 unspecified atom stereocenters. The number of alkyl halides is 2. The number of carbonyl (C=O) groups is 1. The highest BCUT2D eigenvalue weighted by Gasteiger charge is 2.41. The van der Waals surface area contributed by atoms with Crippen molar-refractivity contribution in [3.8, 4) is 16.9 Å². The fraction of sp³-hybridized carbons (Fsp3) is 0.259. The fourth-order valence-corrected chi connectivity index (χ4v) is 5.15. The molecule has 0 saturated heterocycles. The van der Waals surface area contributed by atoms with Gasteiger partial charge in [-0.25, -0.2) is 4.98 Å². The molecule has 2 heterocycles. The van der Waals surface area contributed by atoms with Gasteiger partial charge in [0.1, 0.15) is 11.6 Å². The van der Waals surface area contributed by atoms with Crippen LogP contribution in [0, 0.1) is 0 Å². The van der Waals surface area contributed by atoms with Gasteiger partial charge >= 0.3 is 6.61 Å². The Morgan fingerprint density at radius 2 is 1.87 bits per heavy atom. The van der Waals surface area contributed by atoms with E-state index in [4.69, 9.17) is 33.3 Å². The van der Waals surface area contributed by atoms with Crippen molar-refractivity contribution in [1.29, 1.82) is 0 Å². The lowest BCUT2D eigenvalue weighted by atomic mass is 9.48. The topological polar surface area (TPSA) is 67.6 Å². The first-order valence-electron chi connectivity index (χ1n) is 12.0. The molecule has 0 aliphatic carbocycles. The number of benzene rings is 3. The van der Waals surface area contributed by atoms with Gasteiger partial charge in [-0.3, -0.25) is 4.79 Å². The van der Waals surface area contributed by atoms with Crippen LogP contribution in [0.5, 0.6) is 5.75 Å². The standard InChI is InChI=1S/C27H22B3F2N3O3/c1-34(27(28,29)30)22-12-21(24-18(14-37)3-2-4-23(24)38-26(31)32)35-20-11-17(9-10-19(20)33-25(22)35)16-7-5-15(13-36)6-8-16/h2-11,14,21-22,26,36H,12-13H2,1H3. The lowest BCUT2D eigenvalue weighted by Crippen LogP contribution is -2.49. The summed E-state index contributed by atoms with van der Waals surface area (Å²) in [5.41, 5.74) is 4.52. The molecule has 3 aromatic carbocycles. The summed E-state index contributed by atoms with van der Waals surface area (Å²) in [5, 5.41) is 7.69. The molecule has 5 rings (SSSR count). The second-order valence-electron chi connectivity index (χ2n) is 9.42. The minimum atomic E-state index is -3.08. The largest absolute Gasteiger partial charge is 0.434 e. The highest BCUT2D eigenvalue weighted by Crippen LogP contribution is 2.48. The molecule has 0 spiro atoms. The van der Waals surface area contributed by atoms with Crippen LogP contribution in [-0.2, 0) is 6.61 Å². The number of fused-ring (bicyclic) bond motifs is 3. The highest BCUT2D eigenvalue weighted by molar-refractivity contribution is 6.59. The first-order valence-corrected chi connectivity index (χ1v) is 12.0. The predicted octanol–water partition coefficient (Wildman–Crippen LogP) is 3.69. The van der Waals surface area contributed by atoms with Crippen molar-refractivity contribution in [2.45, 2.75) is 37.0 Å². The summed E-state index contributed by atoms with van der Waals surface area (Å²) in [5.74, 6) is 0.482. The third kappa shape index (κ3) is 4.65. The van der Waals surface area contributed by atoms with Crippen LogP contribution in [0.15, 0.2) is 60.7 Å². The smallest absolute Gasteiger partial charge is 0.387 e. The molecule has 0 saturated carbocycles. The summed E-state index contributed by atoms with van der Waals surface area (Å²) in [6, 6.07) is 16.6. The molecule has 11 heteroatoms. The summed E-state index contributed by atoms with van der Waals surface area (Å²) < 4.78 is 33.5. The van der Waals surface area contributed by atoms with Gasteiger partial charge in [-0.2, -0.15) is 8.78 Å². The number of aldehydes is 1. The summed E-state index contributed by atoms with van der Waals surface area (Å²) in [6.07, 6.45) is 0.929. The summed E-state index contributed by atoms with van der Waals surface area (Å²) in [7, 11) is 19.7. The van der Waals surface area contributed by atoms with Crippen LogP contribution in [0.3, 0.4) is 0 Å². The van der Waals surface area contributed by atoms with Crippen LogP contribution in [0.25, 0.3) is 22.2 Å². The molecule has 1 aliphatic rings. The molecule has 0 amide bonds. The molecule has 2 atom stereocenters. The predicted molar refractivity (Wildman–Crippen MR) is 143 cm³/mol. The van der Waals surface area contributed by atoms with Gasteiger partial charge in [0.2, 0.25) is 0 Å². The van der Waals surface area contributed by atoms with E-state index in [1.54, 1.807) is 18.0 Å². The molecule has 1 aliphatic heterocycles. The van der Waals surface area contributed by atoms with Crippen LogP contribution in [0.1, 0.15) is 45.8 Å². The van der Waals surface area contributed by atoms with Crippen molar-refractivity contribution < 1.29 is 23.4 Å². The third-order valence-electron chi connectivity index (χ3n) is 7.10. The van der Waals surface area contributed by atoms with E-state index in [2.05, 4.69) is 0 Å². The van der Waals surface area contributed by atoms with Crippen LogP contribution in [0.4, 0.5) is 8.78 Å². The van der Waals surface area contributed by atoms with Gasteiger partial charge in [-0.1, -0.05) is 47.7 Å². The Labute approximate surface area is 222 Å². The molecule has 1 aromatic heterocycles. The maximum Gasteiger partial charge on any atom is 0.387 e. The van der Waals surface area contributed by atoms with E-state index in [0.717, 1.165) is 22.2 Å². The number of hydrogen-bond acceptors (Lipinski definition) is 5. The highest BCUT2D eigenvalue weighted by atomic mass is 19.3. The molecule has 1 N–H and O–H groups in total. The number of nitrogens with zero attached hydrogens (tertiary/aromatic N) is 3. The van der Waals surface area contributed by atoms with Gasteiger partial charge in [0, 0.05) is 11.1 Å². The number of aromatic nitrogens is 2. The van der Waals surface area contributed by atoms with Crippen molar-refractivity contribution in [1.82, 2.24) is 14.5 Å². The van der Waals surface area contributed by atoms with E-state index in [1.165, 1.54) is 12.1 Å². The van der Waals surface area contributed by atoms with Gasteiger partial charge in [0.25, 0.3) is 0 Å². The van der Waals surface area contributed by atoms with Gasteiger partial charge < -0.3 is 19.3 Å². The Morgan fingerprint density at radius 1 is 1.16 bits per heavy atom. The van der Waals surface area contributed by atoms with Crippen molar-refractivity contribution in [2.24, 2.45) is 0 Å². The van der Waals surface area contributed by atoms with E-state index in [9.17, 15) is 18.7 Å². The monoisotopic (exact) mass is 507 g/mol. The minimum Gasteiger partial charge on any atom is -0.434 e.